The number of rotatable bonds is 2. The Morgan fingerprint density at radius 3 is 2.88 bits per heavy atom. The predicted octanol–water partition coefficient (Wildman–Crippen LogP) is 2.37. The Morgan fingerprint density at radius 2 is 2.19 bits per heavy atom. The van der Waals surface area contributed by atoms with Gasteiger partial charge in [-0.05, 0) is 30.2 Å². The summed E-state index contributed by atoms with van der Waals surface area (Å²) in [5.74, 6) is 0. The van der Waals surface area contributed by atoms with Crippen LogP contribution in [0, 0.1) is 12.3 Å². The third kappa shape index (κ3) is 2.31. The summed E-state index contributed by atoms with van der Waals surface area (Å²) in [6, 6.07) is 7.55. The van der Waals surface area contributed by atoms with Crippen molar-refractivity contribution in [3.05, 3.63) is 58.4 Å². The fourth-order valence-electron chi connectivity index (χ4n) is 1.50. The van der Waals surface area contributed by atoms with Crippen molar-refractivity contribution in [3.8, 4) is 0 Å². The van der Waals surface area contributed by atoms with E-state index in [2.05, 4.69) is 4.98 Å². The molecular formula is C12H12ClN3. The molecule has 0 bridgehead atoms. The molecule has 2 rings (SSSR count). The van der Waals surface area contributed by atoms with Crippen molar-refractivity contribution in [1.29, 1.82) is 5.41 Å². The van der Waals surface area contributed by atoms with Crippen LogP contribution in [0.4, 0.5) is 0 Å². The molecule has 0 amide bonds. The highest BCUT2D eigenvalue weighted by molar-refractivity contribution is 6.29. The van der Waals surface area contributed by atoms with Crippen molar-refractivity contribution in [1.82, 2.24) is 9.55 Å². The van der Waals surface area contributed by atoms with E-state index in [4.69, 9.17) is 17.0 Å². The van der Waals surface area contributed by atoms with Crippen LogP contribution in [0.5, 0.6) is 0 Å². The number of aryl methyl sites for hydroxylation is 1. The first kappa shape index (κ1) is 10.9. The lowest BCUT2D eigenvalue weighted by Gasteiger charge is -2.07. The minimum absolute atomic E-state index is 0.490. The van der Waals surface area contributed by atoms with Crippen molar-refractivity contribution < 1.29 is 0 Å². The summed E-state index contributed by atoms with van der Waals surface area (Å²) >= 11 is 5.72. The summed E-state index contributed by atoms with van der Waals surface area (Å²) in [6.45, 7) is 2.57. The molecule has 4 heteroatoms. The fourth-order valence-corrected chi connectivity index (χ4v) is 1.61. The average molecular weight is 234 g/mol. The molecule has 0 aliphatic carbocycles. The number of pyridine rings is 2. The minimum atomic E-state index is 0.490. The molecule has 0 spiro atoms. The molecule has 82 valence electrons. The Hall–Kier alpha value is -1.61. The van der Waals surface area contributed by atoms with Crippen molar-refractivity contribution in [2.75, 3.05) is 0 Å². The number of hydrogen-bond donors (Lipinski definition) is 1. The first-order chi connectivity index (χ1) is 7.66. The number of halogens is 1. The zero-order chi connectivity index (χ0) is 11.5. The normalized spacial score (nSPS) is 10.4. The van der Waals surface area contributed by atoms with Gasteiger partial charge in [0, 0.05) is 12.4 Å². The Bertz CT molecular complexity index is 543. The van der Waals surface area contributed by atoms with Crippen LogP contribution in [0.15, 0.2) is 36.7 Å². The zero-order valence-corrected chi connectivity index (χ0v) is 9.70. The monoisotopic (exact) mass is 233 g/mol. The summed E-state index contributed by atoms with van der Waals surface area (Å²) in [6.07, 6.45) is 3.63. The minimum Gasteiger partial charge on any atom is -0.329 e. The van der Waals surface area contributed by atoms with Crippen LogP contribution < -0.4 is 5.49 Å². The summed E-state index contributed by atoms with van der Waals surface area (Å²) in [7, 11) is 0. The lowest BCUT2D eigenvalue weighted by atomic mass is 10.2. The van der Waals surface area contributed by atoms with E-state index in [1.807, 2.05) is 35.9 Å². The van der Waals surface area contributed by atoms with Gasteiger partial charge in [-0.3, -0.25) is 5.41 Å². The number of aromatic nitrogens is 2. The van der Waals surface area contributed by atoms with Gasteiger partial charge in [-0.15, -0.1) is 0 Å². The number of nitrogens with one attached hydrogen (secondary N) is 1. The van der Waals surface area contributed by atoms with Gasteiger partial charge in [-0.25, -0.2) is 4.98 Å². The SMILES string of the molecule is Cc1cccn(Cc2ccc(Cl)nc2)c1=N. The maximum absolute atomic E-state index is 7.90. The van der Waals surface area contributed by atoms with Crippen LogP contribution in [0.2, 0.25) is 5.15 Å². The molecule has 0 saturated heterocycles. The molecule has 2 aromatic heterocycles. The Kier molecular flexibility index (Phi) is 3.06. The Balaban J connectivity index is 2.31. The van der Waals surface area contributed by atoms with Gasteiger partial charge in [0.25, 0.3) is 0 Å². The lowest BCUT2D eigenvalue weighted by Crippen LogP contribution is -2.21. The molecule has 0 fully saturated rings. The van der Waals surface area contributed by atoms with E-state index >= 15 is 0 Å². The highest BCUT2D eigenvalue weighted by Crippen LogP contribution is 2.06. The molecule has 0 unspecified atom stereocenters. The van der Waals surface area contributed by atoms with Crippen LogP contribution in [0.25, 0.3) is 0 Å². The average Bonchev–Trinajstić information content (AvgIpc) is 2.28. The molecule has 0 atom stereocenters. The van der Waals surface area contributed by atoms with E-state index in [1.165, 1.54) is 0 Å². The maximum Gasteiger partial charge on any atom is 0.129 e. The van der Waals surface area contributed by atoms with E-state index in [0.717, 1.165) is 11.1 Å². The fraction of sp³-hybridized carbons (Fsp3) is 0.167. The molecule has 0 aliphatic rings. The second-order valence-corrected chi connectivity index (χ2v) is 4.04. The highest BCUT2D eigenvalue weighted by atomic mass is 35.5. The van der Waals surface area contributed by atoms with Gasteiger partial charge in [0.05, 0.1) is 6.54 Å². The molecule has 0 saturated carbocycles. The van der Waals surface area contributed by atoms with Crippen molar-refractivity contribution >= 4 is 11.6 Å². The Labute approximate surface area is 98.9 Å². The molecule has 2 heterocycles. The predicted molar refractivity (Wildman–Crippen MR) is 63.4 cm³/mol. The highest BCUT2D eigenvalue weighted by Gasteiger charge is 1.98. The first-order valence-corrected chi connectivity index (χ1v) is 5.36. The second kappa shape index (κ2) is 4.49. The zero-order valence-electron chi connectivity index (χ0n) is 8.94. The van der Waals surface area contributed by atoms with Crippen LogP contribution in [0.3, 0.4) is 0 Å². The number of nitrogens with zero attached hydrogens (tertiary/aromatic N) is 2. The van der Waals surface area contributed by atoms with Crippen LogP contribution >= 0.6 is 11.6 Å². The molecule has 2 aromatic rings. The van der Waals surface area contributed by atoms with Crippen molar-refractivity contribution in [3.63, 3.8) is 0 Å². The standard InChI is InChI=1S/C12H12ClN3/c1-9-3-2-6-16(12(9)14)8-10-4-5-11(13)15-7-10/h2-7,14H,8H2,1H3. The van der Waals surface area contributed by atoms with E-state index in [1.54, 1.807) is 12.3 Å². The van der Waals surface area contributed by atoms with Crippen LogP contribution in [-0.4, -0.2) is 9.55 Å². The summed E-state index contributed by atoms with van der Waals surface area (Å²) in [5, 5.41) is 8.39. The largest absolute Gasteiger partial charge is 0.329 e. The number of hydrogen-bond acceptors (Lipinski definition) is 2. The van der Waals surface area contributed by atoms with Gasteiger partial charge >= 0.3 is 0 Å². The van der Waals surface area contributed by atoms with Gasteiger partial charge < -0.3 is 4.57 Å². The van der Waals surface area contributed by atoms with E-state index in [-0.39, 0.29) is 0 Å². The third-order valence-electron chi connectivity index (χ3n) is 2.41. The first-order valence-electron chi connectivity index (χ1n) is 4.98. The molecule has 16 heavy (non-hydrogen) atoms. The summed E-state index contributed by atoms with van der Waals surface area (Å²) < 4.78 is 1.88. The molecular weight excluding hydrogens is 222 g/mol. The topological polar surface area (TPSA) is 41.7 Å². The lowest BCUT2D eigenvalue weighted by molar-refractivity contribution is 0.721. The third-order valence-corrected chi connectivity index (χ3v) is 2.64. The van der Waals surface area contributed by atoms with Crippen molar-refractivity contribution in [2.24, 2.45) is 0 Å². The van der Waals surface area contributed by atoms with E-state index in [9.17, 15) is 0 Å². The summed E-state index contributed by atoms with van der Waals surface area (Å²) in [4.78, 5) is 4.02. The van der Waals surface area contributed by atoms with Gasteiger partial charge in [0.1, 0.15) is 10.6 Å². The maximum atomic E-state index is 7.90. The van der Waals surface area contributed by atoms with Crippen LogP contribution in [-0.2, 0) is 6.54 Å². The smallest absolute Gasteiger partial charge is 0.129 e. The van der Waals surface area contributed by atoms with E-state index in [0.29, 0.717) is 17.2 Å². The Morgan fingerprint density at radius 1 is 1.38 bits per heavy atom. The molecule has 0 aliphatic heterocycles. The van der Waals surface area contributed by atoms with Gasteiger partial charge in [-0.2, -0.15) is 0 Å². The van der Waals surface area contributed by atoms with Gasteiger partial charge in [-0.1, -0.05) is 23.7 Å². The van der Waals surface area contributed by atoms with Gasteiger partial charge in [0.15, 0.2) is 0 Å². The molecule has 0 radical (unpaired) electrons. The quantitative estimate of drug-likeness (QED) is 0.795. The molecule has 1 N–H and O–H groups in total. The van der Waals surface area contributed by atoms with E-state index < -0.39 is 0 Å². The molecule has 3 nitrogen and oxygen atoms in total. The van der Waals surface area contributed by atoms with Crippen molar-refractivity contribution in [2.45, 2.75) is 13.5 Å². The second-order valence-electron chi connectivity index (χ2n) is 3.66. The summed E-state index contributed by atoms with van der Waals surface area (Å²) in [5.41, 5.74) is 2.52. The van der Waals surface area contributed by atoms with Gasteiger partial charge in [0.2, 0.25) is 0 Å². The van der Waals surface area contributed by atoms with Crippen LogP contribution in [0.1, 0.15) is 11.1 Å². The molecule has 0 aromatic carbocycles.